The normalized spacial score (nSPS) is 10.8. The minimum atomic E-state index is 0.00373. The fourth-order valence-corrected chi connectivity index (χ4v) is 3.10. The summed E-state index contributed by atoms with van der Waals surface area (Å²) in [5.74, 6) is 0.00373. The molecular weight excluding hydrogens is 336 g/mol. The lowest BCUT2D eigenvalue weighted by atomic mass is 10.3. The van der Waals surface area contributed by atoms with Gasteiger partial charge in [0.15, 0.2) is 0 Å². The van der Waals surface area contributed by atoms with Gasteiger partial charge in [0.1, 0.15) is 0 Å². The van der Waals surface area contributed by atoms with Gasteiger partial charge in [0.05, 0.1) is 6.54 Å². The molecular formula is C15H17BrN2OS. The largest absolute Gasteiger partial charge is 0.325 e. The second kappa shape index (κ2) is 7.02. The number of hydrogen-bond acceptors (Lipinski definition) is 3. The van der Waals surface area contributed by atoms with E-state index in [2.05, 4.69) is 39.6 Å². The summed E-state index contributed by atoms with van der Waals surface area (Å²) in [5, 5.41) is 4.98. The number of hydrogen-bond donors (Lipinski definition) is 1. The first kappa shape index (κ1) is 15.2. The van der Waals surface area contributed by atoms with Crippen molar-refractivity contribution in [3.8, 4) is 0 Å². The fourth-order valence-electron chi connectivity index (χ4n) is 1.85. The van der Waals surface area contributed by atoms with E-state index in [1.165, 1.54) is 10.4 Å². The number of aryl methyl sites for hydroxylation is 1. The van der Waals surface area contributed by atoms with Gasteiger partial charge >= 0.3 is 0 Å². The number of nitrogens with one attached hydrogen (secondary N) is 1. The van der Waals surface area contributed by atoms with Crippen LogP contribution in [0.2, 0.25) is 0 Å². The summed E-state index contributed by atoms with van der Waals surface area (Å²) in [4.78, 5) is 15.3. The van der Waals surface area contributed by atoms with Crippen molar-refractivity contribution in [2.45, 2.75) is 13.5 Å². The van der Waals surface area contributed by atoms with Gasteiger partial charge in [-0.3, -0.25) is 9.69 Å². The maximum atomic E-state index is 12.0. The summed E-state index contributed by atoms with van der Waals surface area (Å²) in [6.07, 6.45) is 0. The van der Waals surface area contributed by atoms with Crippen molar-refractivity contribution in [2.24, 2.45) is 0 Å². The number of likely N-dealkylation sites (N-methyl/N-ethyl adjacent to an activating group) is 1. The first-order valence-corrected chi connectivity index (χ1v) is 7.99. The summed E-state index contributed by atoms with van der Waals surface area (Å²) >= 11 is 5.10. The third kappa shape index (κ3) is 4.44. The van der Waals surface area contributed by atoms with Crippen LogP contribution in [0.25, 0.3) is 0 Å². The van der Waals surface area contributed by atoms with Crippen molar-refractivity contribution in [1.82, 2.24) is 4.90 Å². The zero-order chi connectivity index (χ0) is 14.5. The minimum Gasteiger partial charge on any atom is -0.325 e. The van der Waals surface area contributed by atoms with Crippen molar-refractivity contribution in [3.05, 3.63) is 50.6 Å². The summed E-state index contributed by atoms with van der Waals surface area (Å²) in [7, 11) is 1.96. The van der Waals surface area contributed by atoms with E-state index in [4.69, 9.17) is 0 Å². The highest BCUT2D eigenvalue weighted by Gasteiger charge is 2.09. The van der Waals surface area contributed by atoms with Crippen LogP contribution in [0.4, 0.5) is 5.69 Å². The van der Waals surface area contributed by atoms with Gasteiger partial charge in [-0.15, -0.1) is 11.3 Å². The van der Waals surface area contributed by atoms with Gasteiger partial charge in [-0.05, 0) is 55.2 Å². The molecule has 3 nitrogen and oxygen atoms in total. The minimum absolute atomic E-state index is 0.00373. The molecule has 1 N–H and O–H groups in total. The van der Waals surface area contributed by atoms with E-state index in [1.807, 2.05) is 36.2 Å². The molecule has 0 fully saturated rings. The monoisotopic (exact) mass is 352 g/mol. The Bertz CT molecular complexity index is 580. The van der Waals surface area contributed by atoms with Crippen LogP contribution in [0, 0.1) is 6.92 Å². The van der Waals surface area contributed by atoms with Gasteiger partial charge in [-0.25, -0.2) is 0 Å². The maximum Gasteiger partial charge on any atom is 0.238 e. The molecule has 1 amide bonds. The SMILES string of the molecule is Cc1ccsc1CN(C)CC(=O)Nc1ccc(Br)cc1. The lowest BCUT2D eigenvalue weighted by Gasteiger charge is -2.16. The van der Waals surface area contributed by atoms with Crippen molar-refractivity contribution in [3.63, 3.8) is 0 Å². The topological polar surface area (TPSA) is 32.3 Å². The maximum absolute atomic E-state index is 12.0. The average Bonchev–Trinajstić information content (AvgIpc) is 2.77. The Hall–Kier alpha value is -1.17. The zero-order valence-electron chi connectivity index (χ0n) is 11.5. The summed E-state index contributed by atoms with van der Waals surface area (Å²) < 4.78 is 1.00. The summed E-state index contributed by atoms with van der Waals surface area (Å²) in [6.45, 7) is 3.28. The van der Waals surface area contributed by atoms with Gasteiger partial charge in [0, 0.05) is 21.6 Å². The number of benzene rings is 1. The molecule has 0 aliphatic heterocycles. The number of anilines is 1. The lowest BCUT2D eigenvalue weighted by Crippen LogP contribution is -2.29. The molecule has 0 aliphatic rings. The van der Waals surface area contributed by atoms with Gasteiger partial charge in [0.2, 0.25) is 5.91 Å². The number of carbonyl (C=O) groups is 1. The first-order chi connectivity index (χ1) is 9.54. The van der Waals surface area contributed by atoms with Gasteiger partial charge in [-0.1, -0.05) is 15.9 Å². The first-order valence-electron chi connectivity index (χ1n) is 6.31. The van der Waals surface area contributed by atoms with E-state index in [0.717, 1.165) is 16.7 Å². The Labute approximate surface area is 131 Å². The molecule has 0 spiro atoms. The quantitative estimate of drug-likeness (QED) is 0.885. The van der Waals surface area contributed by atoms with Crippen LogP contribution < -0.4 is 5.32 Å². The molecule has 1 aromatic heterocycles. The fraction of sp³-hybridized carbons (Fsp3) is 0.267. The molecule has 0 saturated heterocycles. The Balaban J connectivity index is 1.85. The molecule has 1 heterocycles. The highest BCUT2D eigenvalue weighted by Crippen LogP contribution is 2.17. The predicted octanol–water partition coefficient (Wildman–Crippen LogP) is 3.89. The van der Waals surface area contributed by atoms with Crippen molar-refractivity contribution < 1.29 is 4.79 Å². The molecule has 0 atom stereocenters. The second-order valence-electron chi connectivity index (χ2n) is 4.75. The molecule has 0 saturated carbocycles. The number of halogens is 1. The molecule has 2 aromatic rings. The van der Waals surface area contributed by atoms with Gasteiger partial charge in [0.25, 0.3) is 0 Å². The Kier molecular flexibility index (Phi) is 5.34. The number of rotatable bonds is 5. The van der Waals surface area contributed by atoms with Crippen LogP contribution in [-0.4, -0.2) is 24.4 Å². The zero-order valence-corrected chi connectivity index (χ0v) is 13.9. The van der Waals surface area contributed by atoms with E-state index in [1.54, 1.807) is 11.3 Å². The number of thiophene rings is 1. The van der Waals surface area contributed by atoms with Gasteiger partial charge < -0.3 is 5.32 Å². The number of amides is 1. The third-order valence-electron chi connectivity index (χ3n) is 2.92. The molecule has 20 heavy (non-hydrogen) atoms. The van der Waals surface area contributed by atoms with E-state index >= 15 is 0 Å². The Morgan fingerprint density at radius 1 is 1.30 bits per heavy atom. The van der Waals surface area contributed by atoms with Crippen LogP contribution in [0.3, 0.4) is 0 Å². The molecule has 5 heteroatoms. The van der Waals surface area contributed by atoms with Crippen LogP contribution in [0.1, 0.15) is 10.4 Å². The summed E-state index contributed by atoms with van der Waals surface area (Å²) in [6, 6.07) is 9.69. The molecule has 0 aliphatic carbocycles. The highest BCUT2D eigenvalue weighted by molar-refractivity contribution is 9.10. The Morgan fingerprint density at radius 3 is 2.60 bits per heavy atom. The Morgan fingerprint density at radius 2 is 2.00 bits per heavy atom. The van der Waals surface area contributed by atoms with Crippen molar-refractivity contribution >= 4 is 38.9 Å². The average molecular weight is 353 g/mol. The van der Waals surface area contributed by atoms with Crippen LogP contribution in [0.15, 0.2) is 40.2 Å². The summed E-state index contributed by atoms with van der Waals surface area (Å²) in [5.41, 5.74) is 2.11. The van der Waals surface area contributed by atoms with Crippen LogP contribution >= 0.6 is 27.3 Å². The van der Waals surface area contributed by atoms with Crippen molar-refractivity contribution in [1.29, 1.82) is 0 Å². The smallest absolute Gasteiger partial charge is 0.238 e. The predicted molar refractivity (Wildman–Crippen MR) is 88.2 cm³/mol. The van der Waals surface area contributed by atoms with Gasteiger partial charge in [-0.2, -0.15) is 0 Å². The highest BCUT2D eigenvalue weighted by atomic mass is 79.9. The molecule has 1 aromatic carbocycles. The van der Waals surface area contributed by atoms with E-state index < -0.39 is 0 Å². The lowest BCUT2D eigenvalue weighted by molar-refractivity contribution is -0.117. The molecule has 0 bridgehead atoms. The van der Waals surface area contributed by atoms with Crippen LogP contribution in [0.5, 0.6) is 0 Å². The number of carbonyl (C=O) groups excluding carboxylic acids is 1. The van der Waals surface area contributed by atoms with Crippen molar-refractivity contribution in [2.75, 3.05) is 18.9 Å². The van der Waals surface area contributed by atoms with E-state index in [0.29, 0.717) is 6.54 Å². The van der Waals surface area contributed by atoms with E-state index in [-0.39, 0.29) is 5.91 Å². The number of nitrogens with zero attached hydrogens (tertiary/aromatic N) is 1. The van der Waals surface area contributed by atoms with E-state index in [9.17, 15) is 4.79 Å². The molecule has 0 unspecified atom stereocenters. The second-order valence-corrected chi connectivity index (χ2v) is 6.67. The third-order valence-corrected chi connectivity index (χ3v) is 4.46. The van der Waals surface area contributed by atoms with Crippen LogP contribution in [-0.2, 0) is 11.3 Å². The standard InChI is InChI=1S/C15H17BrN2OS/c1-11-7-8-20-14(11)9-18(2)10-15(19)17-13-5-3-12(16)4-6-13/h3-8H,9-10H2,1-2H3,(H,17,19). The molecule has 0 radical (unpaired) electrons. The molecule has 106 valence electrons. The molecule has 2 rings (SSSR count).